The average Bonchev–Trinajstić information content (AvgIpc) is 3.59. The quantitative estimate of drug-likeness (QED) is 0.397. The van der Waals surface area contributed by atoms with E-state index in [-0.39, 0.29) is 12.0 Å². The van der Waals surface area contributed by atoms with Crippen LogP contribution in [0.25, 0.3) is 38.6 Å². The molecule has 1 aliphatic carbocycles. The highest BCUT2D eigenvalue weighted by Gasteiger charge is 2.25. The van der Waals surface area contributed by atoms with Crippen LogP contribution in [0.3, 0.4) is 0 Å². The Hall–Kier alpha value is -3.77. The summed E-state index contributed by atoms with van der Waals surface area (Å²) in [5, 5.41) is 12.0. The molecule has 1 fully saturated rings. The lowest BCUT2D eigenvalue weighted by atomic mass is 9.96. The largest absolute Gasteiger partial charge is 0.392 e. The number of hydrogen-bond donors (Lipinski definition) is 2. The predicted molar refractivity (Wildman–Crippen MR) is 127 cm³/mol. The van der Waals surface area contributed by atoms with Crippen molar-refractivity contribution in [1.29, 1.82) is 0 Å². The van der Waals surface area contributed by atoms with Gasteiger partial charge < -0.3 is 10.1 Å². The second-order valence-corrected chi connectivity index (χ2v) is 8.77. The summed E-state index contributed by atoms with van der Waals surface area (Å²) in [6, 6.07) is 14.7. The fraction of sp³-hybridized carbons (Fsp3) is 0.185. The molecule has 1 aliphatic rings. The number of nitrogens with one attached hydrogen (secondary N) is 1. The van der Waals surface area contributed by atoms with Gasteiger partial charge in [0, 0.05) is 29.0 Å². The highest BCUT2D eigenvalue weighted by Crippen LogP contribution is 2.41. The number of H-pyrrole nitrogens is 1. The summed E-state index contributed by atoms with van der Waals surface area (Å²) in [6.45, 7) is 1.69. The van der Waals surface area contributed by atoms with Crippen molar-refractivity contribution in [3.05, 3.63) is 93.9 Å². The van der Waals surface area contributed by atoms with Crippen LogP contribution in [-0.2, 0) is 6.61 Å². The molecule has 1 saturated carbocycles. The van der Waals surface area contributed by atoms with Gasteiger partial charge in [-0.3, -0.25) is 9.36 Å². The van der Waals surface area contributed by atoms with E-state index in [1.54, 1.807) is 24.5 Å². The van der Waals surface area contributed by atoms with Crippen molar-refractivity contribution < 1.29 is 9.50 Å². The lowest BCUT2D eigenvalue weighted by Gasteiger charge is -2.16. The lowest BCUT2D eigenvalue weighted by molar-refractivity contribution is 0.282. The van der Waals surface area contributed by atoms with E-state index in [0.29, 0.717) is 22.6 Å². The third-order valence-corrected chi connectivity index (χ3v) is 6.55. The van der Waals surface area contributed by atoms with Gasteiger partial charge in [0.05, 0.1) is 17.7 Å². The van der Waals surface area contributed by atoms with Crippen LogP contribution in [-0.4, -0.2) is 19.6 Å². The van der Waals surface area contributed by atoms with Gasteiger partial charge in [-0.25, -0.2) is 9.37 Å². The van der Waals surface area contributed by atoms with Gasteiger partial charge in [0.1, 0.15) is 11.5 Å². The smallest absolute Gasteiger partial charge is 0.265 e. The van der Waals surface area contributed by atoms with E-state index < -0.39 is 11.4 Å². The number of pyridine rings is 2. The zero-order valence-electron chi connectivity index (χ0n) is 18.1. The minimum absolute atomic E-state index is 0.0729. The number of halogens is 1. The number of benzene rings is 2. The molecule has 0 spiro atoms. The summed E-state index contributed by atoms with van der Waals surface area (Å²) in [5.74, 6) is -0.0904. The number of aromatic amines is 1. The average molecular weight is 439 g/mol. The van der Waals surface area contributed by atoms with E-state index in [2.05, 4.69) is 9.97 Å². The molecule has 0 bridgehead atoms. The van der Waals surface area contributed by atoms with Gasteiger partial charge in [-0.2, -0.15) is 0 Å². The van der Waals surface area contributed by atoms with Crippen LogP contribution in [0.4, 0.5) is 4.39 Å². The van der Waals surface area contributed by atoms with Crippen LogP contribution in [0.15, 0.2) is 65.7 Å². The Morgan fingerprint density at radius 1 is 1.15 bits per heavy atom. The van der Waals surface area contributed by atoms with E-state index in [0.717, 1.165) is 46.3 Å². The summed E-state index contributed by atoms with van der Waals surface area (Å²) in [4.78, 5) is 21.0. The Kier molecular flexibility index (Phi) is 4.45. The maximum absolute atomic E-state index is 15.0. The van der Waals surface area contributed by atoms with Crippen molar-refractivity contribution in [2.75, 3.05) is 0 Å². The Morgan fingerprint density at radius 3 is 2.79 bits per heavy atom. The molecule has 0 aliphatic heterocycles. The third kappa shape index (κ3) is 3.17. The van der Waals surface area contributed by atoms with Crippen LogP contribution in [0.5, 0.6) is 0 Å². The maximum Gasteiger partial charge on any atom is 0.265 e. The molecule has 6 heteroatoms. The van der Waals surface area contributed by atoms with Gasteiger partial charge in [-0.05, 0) is 78.1 Å². The number of aryl methyl sites for hydroxylation is 1. The monoisotopic (exact) mass is 439 g/mol. The first-order chi connectivity index (χ1) is 16.0. The molecule has 2 N–H and O–H groups in total. The maximum atomic E-state index is 15.0. The van der Waals surface area contributed by atoms with Gasteiger partial charge in [0.25, 0.3) is 5.56 Å². The number of hydrogen-bond acceptors (Lipinski definition) is 3. The number of nitrogens with zero attached hydrogens (tertiary/aromatic N) is 2. The second kappa shape index (κ2) is 7.39. The van der Waals surface area contributed by atoms with Gasteiger partial charge in [-0.15, -0.1) is 0 Å². The molecule has 0 unspecified atom stereocenters. The van der Waals surface area contributed by atoms with Crippen molar-refractivity contribution in [1.82, 2.24) is 14.5 Å². The Morgan fingerprint density at radius 2 is 2.00 bits per heavy atom. The van der Waals surface area contributed by atoms with Gasteiger partial charge in [0.15, 0.2) is 0 Å². The van der Waals surface area contributed by atoms with Crippen molar-refractivity contribution in [3.63, 3.8) is 0 Å². The summed E-state index contributed by atoms with van der Waals surface area (Å²) < 4.78 is 16.5. The van der Waals surface area contributed by atoms with Crippen LogP contribution >= 0.6 is 0 Å². The van der Waals surface area contributed by atoms with Crippen LogP contribution in [0, 0.1) is 12.7 Å². The molecule has 33 heavy (non-hydrogen) atoms. The van der Waals surface area contributed by atoms with Crippen molar-refractivity contribution in [3.8, 4) is 16.8 Å². The molecule has 3 aromatic heterocycles. The standard InChI is InChI=1S/C27H22FN3O2/c1-15-11-21-20(7-9-29-26(21)30-15)19-3-2-4-24(22(19)14-32)31-10-8-17-12-18(16-5-6-16)13-23(28)25(17)27(31)33/h2-4,7-13,16,32H,5-6,14H2,1H3,(H,29,30). The van der Waals surface area contributed by atoms with Gasteiger partial charge >= 0.3 is 0 Å². The molecular formula is C27H22FN3O2. The minimum atomic E-state index is -0.492. The molecule has 5 aromatic rings. The van der Waals surface area contributed by atoms with E-state index in [4.69, 9.17) is 0 Å². The molecule has 2 aromatic carbocycles. The number of fused-ring (bicyclic) bond motifs is 2. The first-order valence-electron chi connectivity index (χ1n) is 11.1. The van der Waals surface area contributed by atoms with Crippen molar-refractivity contribution in [2.45, 2.75) is 32.3 Å². The van der Waals surface area contributed by atoms with E-state index in [1.165, 1.54) is 10.6 Å². The number of aliphatic hydroxyl groups is 1. The number of aliphatic hydroxyl groups excluding tert-OH is 1. The molecular weight excluding hydrogens is 417 g/mol. The third-order valence-electron chi connectivity index (χ3n) is 6.55. The Bertz CT molecular complexity index is 1610. The zero-order chi connectivity index (χ0) is 22.7. The highest BCUT2D eigenvalue weighted by atomic mass is 19.1. The predicted octanol–water partition coefficient (Wildman–Crippen LogP) is 5.35. The normalized spacial score (nSPS) is 13.8. The molecule has 0 radical (unpaired) electrons. The van der Waals surface area contributed by atoms with E-state index >= 15 is 4.39 Å². The summed E-state index contributed by atoms with van der Waals surface area (Å²) in [6.07, 6.45) is 5.52. The second-order valence-electron chi connectivity index (χ2n) is 8.77. The SMILES string of the molecule is Cc1cc2c(-c3cccc(-n4ccc5cc(C6CC6)cc(F)c5c4=O)c3CO)ccnc2[nH]1. The molecule has 164 valence electrons. The van der Waals surface area contributed by atoms with Crippen molar-refractivity contribution in [2.24, 2.45) is 0 Å². The summed E-state index contributed by atoms with van der Waals surface area (Å²) in [7, 11) is 0. The summed E-state index contributed by atoms with van der Waals surface area (Å²) in [5.41, 5.74) is 5.11. The van der Waals surface area contributed by atoms with E-state index in [9.17, 15) is 9.90 Å². The van der Waals surface area contributed by atoms with Crippen molar-refractivity contribution >= 4 is 21.8 Å². The highest BCUT2D eigenvalue weighted by molar-refractivity contribution is 5.95. The fourth-order valence-electron chi connectivity index (χ4n) is 4.80. The topological polar surface area (TPSA) is 70.9 Å². The zero-order valence-corrected chi connectivity index (χ0v) is 18.1. The minimum Gasteiger partial charge on any atom is -0.392 e. The first kappa shape index (κ1) is 19.9. The summed E-state index contributed by atoms with van der Waals surface area (Å²) >= 11 is 0. The van der Waals surface area contributed by atoms with Crippen LogP contribution in [0.2, 0.25) is 0 Å². The molecule has 5 nitrogen and oxygen atoms in total. The lowest BCUT2D eigenvalue weighted by Crippen LogP contribution is -2.20. The van der Waals surface area contributed by atoms with E-state index in [1.807, 2.05) is 37.3 Å². The van der Waals surface area contributed by atoms with Crippen LogP contribution in [0.1, 0.15) is 35.6 Å². The number of aromatic nitrogens is 3. The first-order valence-corrected chi connectivity index (χ1v) is 11.1. The Labute approximate surface area is 189 Å². The molecule has 0 saturated heterocycles. The number of rotatable bonds is 4. The van der Waals surface area contributed by atoms with Gasteiger partial charge in [0.2, 0.25) is 0 Å². The molecule has 0 amide bonds. The fourth-order valence-corrected chi connectivity index (χ4v) is 4.80. The Balaban J connectivity index is 1.57. The molecule has 3 heterocycles. The van der Waals surface area contributed by atoms with Crippen LogP contribution < -0.4 is 5.56 Å². The molecule has 0 atom stereocenters. The molecule has 6 rings (SSSR count). The van der Waals surface area contributed by atoms with Gasteiger partial charge in [-0.1, -0.05) is 18.2 Å².